The predicted molar refractivity (Wildman–Crippen MR) is 194 cm³/mol. The number of nitrogens with zero attached hydrogens (tertiary/aromatic N) is 3. The lowest BCUT2D eigenvalue weighted by molar-refractivity contribution is -0.123. The Hall–Kier alpha value is -3.60. The summed E-state index contributed by atoms with van der Waals surface area (Å²) < 4.78 is 58.1. The van der Waals surface area contributed by atoms with Crippen molar-refractivity contribution in [2.75, 3.05) is 62.6 Å². The summed E-state index contributed by atoms with van der Waals surface area (Å²) in [5.41, 5.74) is 7.26. The van der Waals surface area contributed by atoms with E-state index in [1.54, 1.807) is 36.4 Å². The summed E-state index contributed by atoms with van der Waals surface area (Å²) in [7, 11) is 1.42. The normalized spacial score (nSPS) is 13.1. The van der Waals surface area contributed by atoms with Gasteiger partial charge >= 0.3 is 0 Å². The van der Waals surface area contributed by atoms with Crippen molar-refractivity contribution in [3.05, 3.63) is 84.9 Å². The molecule has 0 saturated heterocycles. The lowest BCUT2D eigenvalue weighted by Gasteiger charge is -2.24. The van der Waals surface area contributed by atoms with E-state index < -0.39 is 20.0 Å². The van der Waals surface area contributed by atoms with Gasteiger partial charge in [-0.3, -0.25) is 14.9 Å². The molecular weight excluding hydrogens is 679 g/mol. The monoisotopic (exact) mass is 715 g/mol. The number of hydrogen-bond donors (Lipinski definition) is 2. The molecule has 250 valence electrons. The fourth-order valence-electron chi connectivity index (χ4n) is 4.98. The van der Waals surface area contributed by atoms with Crippen LogP contribution in [0.4, 0.5) is 11.4 Å². The van der Waals surface area contributed by atoms with Crippen molar-refractivity contribution in [1.29, 1.82) is 0 Å². The number of carbonyl (C=O) groups is 2. The SMILES string of the molecule is CN(C)c1cccc2c(S(=O)(=O)N(CCSSCCN)S(=O)(=O)c3cccc4c(N(C)C)cccc34)cccc12.O=C1C=CC(=O)N1. The van der Waals surface area contributed by atoms with Gasteiger partial charge in [-0.2, -0.15) is 0 Å². The highest BCUT2D eigenvalue weighted by atomic mass is 33.1. The van der Waals surface area contributed by atoms with Crippen LogP contribution in [0.5, 0.6) is 0 Å². The number of anilines is 2. The standard InChI is InChI=1S/C28H34N4O4S4.C4H3NO2/c1-30(2)25-13-5-11-23-21(25)9-7-15-27(23)39(33,34)32(18-20-38-37-19-17-29)40(35,36)28-16-8-10-22-24(28)12-6-14-26(22)31(3)4;6-3-1-2-4(7)5-3/h5-16H,17-20,29H2,1-4H3;1-2H,(H,5,6,7). The van der Waals surface area contributed by atoms with Crippen molar-refractivity contribution in [3.8, 4) is 0 Å². The number of carbonyl (C=O) groups excluding carboxylic acids is 2. The maximum absolute atomic E-state index is 14.4. The van der Waals surface area contributed by atoms with Crippen molar-refractivity contribution < 1.29 is 26.4 Å². The van der Waals surface area contributed by atoms with E-state index in [2.05, 4.69) is 0 Å². The maximum atomic E-state index is 14.4. The fraction of sp³-hybridized carbons (Fsp3) is 0.250. The first kappa shape index (κ1) is 36.2. The summed E-state index contributed by atoms with van der Waals surface area (Å²) in [5.74, 6) is 0.289. The van der Waals surface area contributed by atoms with E-state index in [9.17, 15) is 26.4 Å². The van der Waals surface area contributed by atoms with Crippen LogP contribution in [-0.4, -0.2) is 85.1 Å². The second kappa shape index (κ2) is 15.5. The zero-order valence-corrected chi connectivity index (χ0v) is 29.7. The molecular formula is C32H37N5O6S4. The Kier molecular flexibility index (Phi) is 12.0. The zero-order chi connectivity index (χ0) is 34.4. The van der Waals surface area contributed by atoms with Gasteiger partial charge in [0.1, 0.15) is 0 Å². The number of rotatable bonds is 12. The van der Waals surface area contributed by atoms with Crippen LogP contribution in [0.2, 0.25) is 0 Å². The summed E-state index contributed by atoms with van der Waals surface area (Å²) in [5, 5.41) is 4.40. The minimum atomic E-state index is -4.49. The number of fused-ring (bicyclic) bond motifs is 2. The second-order valence-electron chi connectivity index (χ2n) is 10.7. The third-order valence-electron chi connectivity index (χ3n) is 7.05. The second-order valence-corrected chi connectivity index (χ2v) is 17.3. The van der Waals surface area contributed by atoms with E-state index >= 15 is 0 Å². The molecule has 0 aromatic heterocycles. The molecule has 3 N–H and O–H groups in total. The molecule has 5 rings (SSSR count). The highest BCUT2D eigenvalue weighted by molar-refractivity contribution is 8.76. The Morgan fingerprint density at radius 2 is 1.02 bits per heavy atom. The molecule has 4 aromatic rings. The smallest absolute Gasteiger partial charge is 0.257 e. The molecule has 0 aliphatic carbocycles. The summed E-state index contributed by atoms with van der Waals surface area (Å²) in [6.45, 7) is 0.257. The van der Waals surface area contributed by atoms with Gasteiger partial charge in [0.05, 0.1) is 9.79 Å². The quantitative estimate of drug-likeness (QED) is 0.124. The van der Waals surface area contributed by atoms with Crippen molar-refractivity contribution in [1.82, 2.24) is 9.03 Å². The zero-order valence-electron chi connectivity index (χ0n) is 26.4. The van der Waals surface area contributed by atoms with E-state index in [0.29, 0.717) is 26.8 Å². The van der Waals surface area contributed by atoms with E-state index in [1.807, 2.05) is 67.6 Å². The number of amides is 2. The Bertz CT molecular complexity index is 1900. The van der Waals surface area contributed by atoms with Crippen LogP contribution < -0.4 is 20.9 Å². The van der Waals surface area contributed by atoms with Crippen LogP contribution in [-0.2, 0) is 29.6 Å². The number of hydrogen-bond acceptors (Lipinski definition) is 11. The summed E-state index contributed by atoms with van der Waals surface area (Å²) in [4.78, 5) is 23.8. The Labute approximate surface area is 283 Å². The van der Waals surface area contributed by atoms with Gasteiger partial charge < -0.3 is 15.5 Å². The summed E-state index contributed by atoms with van der Waals surface area (Å²) >= 11 is 0. The molecule has 0 unspecified atom stereocenters. The molecule has 0 radical (unpaired) electrons. The van der Waals surface area contributed by atoms with Crippen LogP contribution in [0, 0.1) is 0 Å². The predicted octanol–water partition coefficient (Wildman–Crippen LogP) is 4.04. The number of benzene rings is 4. The van der Waals surface area contributed by atoms with E-state index in [4.69, 9.17) is 5.73 Å². The lowest BCUT2D eigenvalue weighted by Crippen LogP contribution is -2.38. The Morgan fingerprint density at radius 1 is 0.617 bits per heavy atom. The average molecular weight is 716 g/mol. The van der Waals surface area contributed by atoms with Crippen LogP contribution in [0.1, 0.15) is 0 Å². The van der Waals surface area contributed by atoms with E-state index in [1.165, 1.54) is 45.9 Å². The molecule has 0 bridgehead atoms. The molecule has 1 heterocycles. The maximum Gasteiger partial charge on any atom is 0.257 e. The lowest BCUT2D eigenvalue weighted by atomic mass is 10.1. The molecule has 1 aliphatic rings. The molecule has 11 nitrogen and oxygen atoms in total. The highest BCUT2D eigenvalue weighted by Crippen LogP contribution is 2.37. The van der Waals surface area contributed by atoms with Crippen molar-refractivity contribution in [2.45, 2.75) is 9.79 Å². The van der Waals surface area contributed by atoms with Crippen molar-refractivity contribution in [3.63, 3.8) is 0 Å². The summed E-state index contributed by atoms with van der Waals surface area (Å²) in [6, 6.07) is 20.7. The van der Waals surface area contributed by atoms with Gasteiger partial charge in [0.25, 0.3) is 31.9 Å². The first-order valence-electron chi connectivity index (χ1n) is 14.4. The molecule has 0 atom stereocenters. The molecule has 0 fully saturated rings. The average Bonchev–Trinajstić information content (AvgIpc) is 3.43. The third-order valence-corrected chi connectivity index (χ3v) is 13.9. The molecule has 15 heteroatoms. The Balaban J connectivity index is 0.000000632. The Morgan fingerprint density at radius 3 is 1.40 bits per heavy atom. The van der Waals surface area contributed by atoms with E-state index in [0.717, 1.165) is 22.1 Å². The minimum Gasteiger partial charge on any atom is -0.377 e. The summed E-state index contributed by atoms with van der Waals surface area (Å²) in [6.07, 6.45) is 2.39. The number of nitrogens with one attached hydrogen (secondary N) is 1. The number of nitrogens with two attached hydrogens (primary N) is 1. The van der Waals surface area contributed by atoms with Crippen LogP contribution in [0.15, 0.2) is 94.7 Å². The van der Waals surface area contributed by atoms with Gasteiger partial charge in [0, 0.05) is 97.9 Å². The van der Waals surface area contributed by atoms with Gasteiger partial charge in [-0.25, -0.2) is 16.8 Å². The largest absolute Gasteiger partial charge is 0.377 e. The number of imide groups is 1. The molecule has 47 heavy (non-hydrogen) atoms. The van der Waals surface area contributed by atoms with E-state index in [-0.39, 0.29) is 33.9 Å². The molecule has 0 saturated carbocycles. The van der Waals surface area contributed by atoms with Gasteiger partial charge in [0.2, 0.25) is 0 Å². The molecule has 0 spiro atoms. The molecule has 1 aliphatic heterocycles. The van der Waals surface area contributed by atoms with Crippen LogP contribution >= 0.6 is 21.6 Å². The van der Waals surface area contributed by atoms with Gasteiger partial charge in [-0.15, -0.1) is 0 Å². The fourth-order valence-corrected chi connectivity index (χ4v) is 11.1. The highest BCUT2D eigenvalue weighted by Gasteiger charge is 2.38. The first-order chi connectivity index (χ1) is 22.3. The van der Waals surface area contributed by atoms with Gasteiger partial charge in [-0.05, 0) is 24.3 Å². The molecule has 2 amide bonds. The topological polar surface area (TPSA) is 150 Å². The molecule has 4 aromatic carbocycles. The van der Waals surface area contributed by atoms with Crippen molar-refractivity contribution in [2.24, 2.45) is 5.73 Å². The van der Waals surface area contributed by atoms with Crippen molar-refractivity contribution >= 4 is 86.4 Å². The van der Waals surface area contributed by atoms with Gasteiger partial charge in [0.15, 0.2) is 0 Å². The van der Waals surface area contributed by atoms with Crippen LogP contribution in [0.3, 0.4) is 0 Å². The minimum absolute atomic E-state index is 0.0499. The first-order valence-corrected chi connectivity index (χ1v) is 19.8. The van der Waals surface area contributed by atoms with Gasteiger partial charge in [-0.1, -0.05) is 73.8 Å². The van der Waals surface area contributed by atoms with Crippen LogP contribution in [0.25, 0.3) is 21.5 Å². The third kappa shape index (κ3) is 8.11. The number of sulfonamides is 2.